The van der Waals surface area contributed by atoms with Crippen LogP contribution in [0.2, 0.25) is 0 Å². The molecule has 1 atom stereocenters. The first-order chi connectivity index (χ1) is 26.4. The van der Waals surface area contributed by atoms with Gasteiger partial charge in [-0.2, -0.15) is 0 Å². The van der Waals surface area contributed by atoms with E-state index in [0.29, 0.717) is 45.5 Å². The first kappa shape index (κ1) is 51.7. The van der Waals surface area contributed by atoms with E-state index in [2.05, 4.69) is 20.8 Å². The fourth-order valence-electron chi connectivity index (χ4n) is 6.37. The van der Waals surface area contributed by atoms with E-state index in [0.717, 1.165) is 135 Å². The van der Waals surface area contributed by atoms with E-state index in [1.807, 2.05) is 0 Å². The van der Waals surface area contributed by atoms with Gasteiger partial charge in [0.2, 0.25) is 0 Å². The highest BCUT2D eigenvalue weighted by Crippen LogP contribution is 2.16. The highest BCUT2D eigenvalue weighted by molar-refractivity contribution is 5.69. The summed E-state index contributed by atoms with van der Waals surface area (Å²) in [5, 5.41) is 0. The maximum absolute atomic E-state index is 12.3. The molecule has 0 rings (SSSR count). The normalized spacial score (nSPS) is 11.6. The molecular formula is C45H84O9. The van der Waals surface area contributed by atoms with Crippen molar-refractivity contribution in [2.75, 3.05) is 26.4 Å². The summed E-state index contributed by atoms with van der Waals surface area (Å²) in [5.74, 6) is -0.345. The molecular weight excluding hydrogens is 684 g/mol. The van der Waals surface area contributed by atoms with Crippen molar-refractivity contribution in [3.8, 4) is 0 Å². The standard InChI is InChI=1S/C45H84O9/c1-4-7-10-12-23-30-37-50-43(47)34-27-21-16-17-22-28-35-44(48)52-40-36-41(54-45(49)53-39-29-9-6-3)32-25-20-15-13-14-18-24-31-38-51-42(46)33-26-19-11-8-5-2/h41H,4-40H2,1-3H3. The molecule has 1 unspecified atom stereocenters. The zero-order chi connectivity index (χ0) is 39.6. The number of unbranched alkanes of at least 4 members (excludes halogenated alkanes) is 23. The quantitative estimate of drug-likeness (QED) is 0.0340. The number of esters is 3. The molecule has 0 bridgehead atoms. The van der Waals surface area contributed by atoms with Crippen molar-refractivity contribution in [3.05, 3.63) is 0 Å². The van der Waals surface area contributed by atoms with Gasteiger partial charge in [0.15, 0.2) is 0 Å². The van der Waals surface area contributed by atoms with Gasteiger partial charge in [-0.1, -0.05) is 156 Å². The van der Waals surface area contributed by atoms with Gasteiger partial charge in [-0.25, -0.2) is 4.79 Å². The van der Waals surface area contributed by atoms with E-state index in [1.54, 1.807) is 0 Å². The van der Waals surface area contributed by atoms with Crippen molar-refractivity contribution in [1.82, 2.24) is 0 Å². The summed E-state index contributed by atoms with van der Waals surface area (Å²) in [7, 11) is 0. The van der Waals surface area contributed by atoms with Crippen LogP contribution in [0.1, 0.15) is 233 Å². The monoisotopic (exact) mass is 769 g/mol. The molecule has 0 aromatic rings. The van der Waals surface area contributed by atoms with Gasteiger partial charge in [0.1, 0.15) is 6.10 Å². The average Bonchev–Trinajstić information content (AvgIpc) is 3.16. The van der Waals surface area contributed by atoms with E-state index in [1.165, 1.54) is 51.4 Å². The van der Waals surface area contributed by atoms with Crippen LogP contribution in [0.3, 0.4) is 0 Å². The average molecular weight is 769 g/mol. The van der Waals surface area contributed by atoms with Crippen LogP contribution in [-0.4, -0.2) is 56.6 Å². The van der Waals surface area contributed by atoms with Gasteiger partial charge in [-0.3, -0.25) is 14.4 Å². The molecule has 9 heteroatoms. The summed E-state index contributed by atoms with van der Waals surface area (Å²) in [6, 6.07) is 0. The molecule has 0 aliphatic carbocycles. The van der Waals surface area contributed by atoms with Gasteiger partial charge in [-0.15, -0.1) is 0 Å². The Morgan fingerprint density at radius 1 is 0.333 bits per heavy atom. The van der Waals surface area contributed by atoms with Crippen LogP contribution in [0.25, 0.3) is 0 Å². The number of carbonyl (C=O) groups is 4. The molecule has 0 radical (unpaired) electrons. The Kier molecular flexibility index (Phi) is 40.0. The lowest BCUT2D eigenvalue weighted by molar-refractivity contribution is -0.145. The van der Waals surface area contributed by atoms with Crippen molar-refractivity contribution in [2.45, 2.75) is 239 Å². The van der Waals surface area contributed by atoms with Crippen molar-refractivity contribution < 1.29 is 42.9 Å². The van der Waals surface area contributed by atoms with Crippen LogP contribution >= 0.6 is 0 Å². The molecule has 0 saturated carbocycles. The molecule has 0 aromatic heterocycles. The predicted molar refractivity (Wildman–Crippen MR) is 218 cm³/mol. The second-order valence-electron chi connectivity index (χ2n) is 15.2. The number of carbonyl (C=O) groups excluding carboxylic acids is 4. The maximum Gasteiger partial charge on any atom is 0.508 e. The van der Waals surface area contributed by atoms with E-state index in [4.69, 9.17) is 23.7 Å². The summed E-state index contributed by atoms with van der Waals surface area (Å²) in [6.07, 6.45) is 31.7. The highest BCUT2D eigenvalue weighted by atomic mass is 16.7. The summed E-state index contributed by atoms with van der Waals surface area (Å²) < 4.78 is 27.1. The Hall–Kier alpha value is -2.32. The lowest BCUT2D eigenvalue weighted by atomic mass is 10.0. The highest BCUT2D eigenvalue weighted by Gasteiger charge is 2.17. The Morgan fingerprint density at radius 2 is 0.648 bits per heavy atom. The molecule has 0 aliphatic heterocycles. The molecule has 0 saturated heterocycles. The van der Waals surface area contributed by atoms with Crippen LogP contribution in [-0.2, 0) is 38.1 Å². The third kappa shape index (κ3) is 39.4. The minimum Gasteiger partial charge on any atom is -0.466 e. The van der Waals surface area contributed by atoms with Crippen LogP contribution in [0.15, 0.2) is 0 Å². The molecule has 0 aliphatic rings. The molecule has 0 spiro atoms. The minimum absolute atomic E-state index is 0.0545. The Bertz CT molecular complexity index is 862. The fraction of sp³-hybridized carbons (Fsp3) is 0.911. The van der Waals surface area contributed by atoms with E-state index in [9.17, 15) is 19.2 Å². The predicted octanol–water partition coefficient (Wildman–Crippen LogP) is 13.1. The lowest BCUT2D eigenvalue weighted by Crippen LogP contribution is -2.22. The second-order valence-corrected chi connectivity index (χ2v) is 15.2. The maximum atomic E-state index is 12.3. The zero-order valence-corrected chi connectivity index (χ0v) is 35.4. The molecule has 318 valence electrons. The Balaban J connectivity index is 4.02. The summed E-state index contributed by atoms with van der Waals surface area (Å²) in [6.45, 7) is 8.18. The molecule has 0 fully saturated rings. The van der Waals surface area contributed by atoms with Crippen molar-refractivity contribution in [1.29, 1.82) is 0 Å². The van der Waals surface area contributed by atoms with Crippen LogP contribution < -0.4 is 0 Å². The minimum atomic E-state index is -0.634. The first-order valence-electron chi connectivity index (χ1n) is 22.7. The van der Waals surface area contributed by atoms with Gasteiger partial charge in [0.25, 0.3) is 0 Å². The van der Waals surface area contributed by atoms with Crippen LogP contribution in [0.4, 0.5) is 4.79 Å². The Labute approximate surface area is 331 Å². The van der Waals surface area contributed by atoms with Crippen molar-refractivity contribution in [3.63, 3.8) is 0 Å². The molecule has 0 N–H and O–H groups in total. The lowest BCUT2D eigenvalue weighted by Gasteiger charge is -2.18. The number of ether oxygens (including phenoxy) is 5. The zero-order valence-electron chi connectivity index (χ0n) is 35.4. The van der Waals surface area contributed by atoms with Gasteiger partial charge in [0, 0.05) is 25.7 Å². The fourth-order valence-corrected chi connectivity index (χ4v) is 6.37. The van der Waals surface area contributed by atoms with Gasteiger partial charge in [-0.05, 0) is 51.4 Å². The molecule has 9 nitrogen and oxygen atoms in total. The molecule has 54 heavy (non-hydrogen) atoms. The van der Waals surface area contributed by atoms with E-state index < -0.39 is 6.16 Å². The summed E-state index contributed by atoms with van der Waals surface area (Å²) in [5.41, 5.74) is 0. The Morgan fingerprint density at radius 3 is 1.09 bits per heavy atom. The number of hydrogen-bond donors (Lipinski definition) is 0. The van der Waals surface area contributed by atoms with E-state index in [-0.39, 0.29) is 30.6 Å². The van der Waals surface area contributed by atoms with Gasteiger partial charge < -0.3 is 23.7 Å². The number of rotatable bonds is 41. The van der Waals surface area contributed by atoms with Crippen molar-refractivity contribution >= 4 is 24.1 Å². The molecule has 0 amide bonds. The first-order valence-corrected chi connectivity index (χ1v) is 22.7. The SMILES string of the molecule is CCCCCCCCOC(=O)CCCCCCCCC(=O)OCCC(CCCCCCCCCCOC(=O)CCCCCCC)OC(=O)OCCCCC. The number of hydrogen-bond acceptors (Lipinski definition) is 9. The topological polar surface area (TPSA) is 114 Å². The third-order valence-electron chi connectivity index (χ3n) is 9.87. The van der Waals surface area contributed by atoms with Crippen LogP contribution in [0.5, 0.6) is 0 Å². The van der Waals surface area contributed by atoms with Gasteiger partial charge in [0.05, 0.1) is 26.4 Å². The largest absolute Gasteiger partial charge is 0.508 e. The smallest absolute Gasteiger partial charge is 0.466 e. The van der Waals surface area contributed by atoms with Crippen LogP contribution in [0, 0.1) is 0 Å². The van der Waals surface area contributed by atoms with E-state index >= 15 is 0 Å². The summed E-state index contributed by atoms with van der Waals surface area (Å²) >= 11 is 0. The summed E-state index contributed by atoms with van der Waals surface area (Å²) in [4.78, 5) is 48.4. The van der Waals surface area contributed by atoms with Crippen molar-refractivity contribution in [2.24, 2.45) is 0 Å². The molecule has 0 aromatic carbocycles. The third-order valence-corrected chi connectivity index (χ3v) is 9.87. The molecule has 0 heterocycles. The van der Waals surface area contributed by atoms with Gasteiger partial charge >= 0.3 is 24.1 Å². The second kappa shape index (κ2) is 41.8.